The summed E-state index contributed by atoms with van der Waals surface area (Å²) < 4.78 is 16.4. The maximum atomic E-state index is 13.0. The van der Waals surface area contributed by atoms with Crippen LogP contribution in [-0.2, 0) is 16.1 Å². The number of nitrogens with zero attached hydrogens (tertiary/aromatic N) is 3. The Bertz CT molecular complexity index is 729. The molecular weight excluding hydrogens is 322 g/mol. The van der Waals surface area contributed by atoms with Gasteiger partial charge in [-0.15, -0.1) is 10.2 Å². The smallest absolute Gasteiger partial charge is 0.254 e. The van der Waals surface area contributed by atoms with E-state index in [1.165, 1.54) is 0 Å². The lowest BCUT2D eigenvalue weighted by molar-refractivity contribution is -0.0107. The Morgan fingerprint density at radius 3 is 2.96 bits per heavy atom. The summed E-state index contributed by atoms with van der Waals surface area (Å²) in [6.07, 6.45) is 0. The molecule has 0 bridgehead atoms. The van der Waals surface area contributed by atoms with E-state index in [4.69, 9.17) is 13.9 Å². The minimum Gasteiger partial charge on any atom is -0.423 e. The number of hydrogen-bond acceptors (Lipinski definition) is 6. The lowest BCUT2D eigenvalue weighted by atomic mass is 10.1. The van der Waals surface area contributed by atoms with Gasteiger partial charge >= 0.3 is 0 Å². The first-order chi connectivity index (χ1) is 12.1. The topological polar surface area (TPSA) is 77.7 Å². The van der Waals surface area contributed by atoms with Gasteiger partial charge in [-0.1, -0.05) is 26.0 Å². The number of benzene rings is 1. The molecule has 1 aromatic carbocycles. The molecule has 1 aliphatic rings. The molecule has 2 aromatic rings. The Morgan fingerprint density at radius 2 is 2.24 bits per heavy atom. The Balaban J connectivity index is 1.84. The molecule has 0 spiro atoms. The third-order valence-electron chi connectivity index (χ3n) is 4.11. The van der Waals surface area contributed by atoms with E-state index in [2.05, 4.69) is 10.2 Å². The van der Waals surface area contributed by atoms with Gasteiger partial charge in [-0.05, 0) is 17.7 Å². The fourth-order valence-electron chi connectivity index (χ4n) is 2.79. The summed E-state index contributed by atoms with van der Waals surface area (Å²) in [6, 6.07) is 7.09. The Morgan fingerprint density at radius 1 is 1.40 bits per heavy atom. The van der Waals surface area contributed by atoms with Crippen LogP contribution in [0, 0.1) is 0 Å². The third-order valence-corrected chi connectivity index (χ3v) is 4.11. The van der Waals surface area contributed by atoms with Crippen molar-refractivity contribution in [2.75, 3.05) is 26.9 Å². The molecule has 0 aliphatic carbocycles. The molecule has 1 aromatic heterocycles. The van der Waals surface area contributed by atoms with Crippen LogP contribution >= 0.6 is 0 Å². The van der Waals surface area contributed by atoms with Gasteiger partial charge in [-0.2, -0.15) is 0 Å². The molecule has 1 atom stereocenters. The number of carbonyl (C=O) groups is 1. The molecule has 7 heteroatoms. The number of hydrogen-bond donors (Lipinski definition) is 0. The largest absolute Gasteiger partial charge is 0.423 e. The summed E-state index contributed by atoms with van der Waals surface area (Å²) in [4.78, 5) is 14.8. The van der Waals surface area contributed by atoms with E-state index >= 15 is 0 Å². The van der Waals surface area contributed by atoms with Crippen LogP contribution in [0.25, 0.3) is 0 Å². The van der Waals surface area contributed by atoms with Gasteiger partial charge in [0.1, 0.15) is 6.04 Å². The Labute approximate surface area is 146 Å². The van der Waals surface area contributed by atoms with E-state index in [0.29, 0.717) is 43.7 Å². The number of amides is 1. The average molecular weight is 345 g/mol. The highest BCUT2D eigenvalue weighted by atomic mass is 16.5. The fourth-order valence-corrected chi connectivity index (χ4v) is 2.79. The van der Waals surface area contributed by atoms with Gasteiger partial charge in [0.2, 0.25) is 11.8 Å². The van der Waals surface area contributed by atoms with Crippen molar-refractivity contribution in [3.05, 3.63) is 47.2 Å². The highest BCUT2D eigenvalue weighted by molar-refractivity contribution is 5.94. The number of rotatable bonds is 5. The number of methoxy groups -OCH3 is 1. The van der Waals surface area contributed by atoms with Crippen LogP contribution in [0.1, 0.15) is 53.5 Å². The van der Waals surface area contributed by atoms with Crippen LogP contribution in [0.3, 0.4) is 0 Å². The molecule has 0 radical (unpaired) electrons. The molecule has 1 amide bonds. The summed E-state index contributed by atoms with van der Waals surface area (Å²) in [6.45, 7) is 5.76. The van der Waals surface area contributed by atoms with Gasteiger partial charge in [0.15, 0.2) is 0 Å². The molecular formula is C18H23N3O4. The van der Waals surface area contributed by atoms with Crippen molar-refractivity contribution in [3.8, 4) is 0 Å². The quantitative estimate of drug-likeness (QED) is 0.829. The van der Waals surface area contributed by atoms with Crippen molar-refractivity contribution in [2.24, 2.45) is 0 Å². The second-order valence-corrected chi connectivity index (χ2v) is 6.36. The molecule has 1 fully saturated rings. The highest BCUT2D eigenvalue weighted by Crippen LogP contribution is 2.26. The van der Waals surface area contributed by atoms with E-state index in [9.17, 15) is 4.79 Å². The predicted molar refractivity (Wildman–Crippen MR) is 90.1 cm³/mol. The molecule has 134 valence electrons. The Kier molecular flexibility index (Phi) is 5.45. The summed E-state index contributed by atoms with van der Waals surface area (Å²) in [5, 5.41) is 8.19. The molecule has 25 heavy (non-hydrogen) atoms. The zero-order valence-corrected chi connectivity index (χ0v) is 14.8. The second kappa shape index (κ2) is 7.76. The molecule has 3 rings (SSSR count). The number of carbonyl (C=O) groups excluding carboxylic acids is 1. The van der Waals surface area contributed by atoms with Crippen LogP contribution in [0.2, 0.25) is 0 Å². The standard InChI is InChI=1S/C18H23N3O4/c1-12(2)16-19-20-17(25-16)15-11-24-8-7-21(15)18(22)14-6-4-5-13(9-14)10-23-3/h4-6,9,12,15H,7-8,10-11H2,1-3H3. The summed E-state index contributed by atoms with van der Waals surface area (Å²) in [5.41, 5.74) is 1.57. The normalized spacial score (nSPS) is 17.9. The van der Waals surface area contributed by atoms with Gasteiger partial charge in [0, 0.05) is 25.1 Å². The molecule has 1 aliphatic heterocycles. The molecule has 7 nitrogen and oxygen atoms in total. The first-order valence-electron chi connectivity index (χ1n) is 8.40. The molecule has 0 N–H and O–H groups in total. The van der Waals surface area contributed by atoms with E-state index in [1.54, 1.807) is 18.1 Å². The van der Waals surface area contributed by atoms with Crippen molar-refractivity contribution in [3.63, 3.8) is 0 Å². The van der Waals surface area contributed by atoms with Crippen LogP contribution in [0.4, 0.5) is 0 Å². The predicted octanol–water partition coefficient (Wildman–Crippen LogP) is 2.55. The monoisotopic (exact) mass is 345 g/mol. The Hall–Kier alpha value is -2.25. The molecule has 2 heterocycles. The highest BCUT2D eigenvalue weighted by Gasteiger charge is 2.33. The molecule has 1 saturated heterocycles. The first kappa shape index (κ1) is 17.6. The maximum Gasteiger partial charge on any atom is 0.254 e. The van der Waals surface area contributed by atoms with E-state index in [1.807, 2.05) is 32.0 Å². The van der Waals surface area contributed by atoms with Crippen LogP contribution < -0.4 is 0 Å². The fraction of sp³-hybridized carbons (Fsp3) is 0.500. The third kappa shape index (κ3) is 3.88. The summed E-state index contributed by atoms with van der Waals surface area (Å²) in [5.74, 6) is 1.05. The van der Waals surface area contributed by atoms with Crippen molar-refractivity contribution in [2.45, 2.75) is 32.4 Å². The van der Waals surface area contributed by atoms with Crippen LogP contribution in [-0.4, -0.2) is 47.9 Å². The lowest BCUT2D eigenvalue weighted by Gasteiger charge is -2.33. The van der Waals surface area contributed by atoms with Gasteiger partial charge < -0.3 is 18.8 Å². The van der Waals surface area contributed by atoms with Crippen LogP contribution in [0.15, 0.2) is 28.7 Å². The lowest BCUT2D eigenvalue weighted by Crippen LogP contribution is -2.43. The first-order valence-corrected chi connectivity index (χ1v) is 8.40. The number of ether oxygens (including phenoxy) is 2. The second-order valence-electron chi connectivity index (χ2n) is 6.36. The van der Waals surface area contributed by atoms with Gasteiger partial charge in [0.05, 0.1) is 19.8 Å². The van der Waals surface area contributed by atoms with Gasteiger partial charge in [-0.3, -0.25) is 4.79 Å². The minimum absolute atomic E-state index is 0.0736. The maximum absolute atomic E-state index is 13.0. The number of aromatic nitrogens is 2. The van der Waals surface area contributed by atoms with Crippen molar-refractivity contribution < 1.29 is 18.7 Å². The van der Waals surface area contributed by atoms with Gasteiger partial charge in [0.25, 0.3) is 5.91 Å². The molecule has 1 unspecified atom stereocenters. The minimum atomic E-state index is -0.368. The van der Waals surface area contributed by atoms with E-state index < -0.39 is 0 Å². The van der Waals surface area contributed by atoms with Crippen LogP contribution in [0.5, 0.6) is 0 Å². The summed E-state index contributed by atoms with van der Waals surface area (Å²) >= 11 is 0. The average Bonchev–Trinajstić information content (AvgIpc) is 3.12. The van der Waals surface area contributed by atoms with Crippen molar-refractivity contribution in [1.29, 1.82) is 0 Å². The number of morpholine rings is 1. The van der Waals surface area contributed by atoms with Gasteiger partial charge in [-0.25, -0.2) is 0 Å². The zero-order chi connectivity index (χ0) is 17.8. The van der Waals surface area contributed by atoms with E-state index in [0.717, 1.165) is 5.56 Å². The summed E-state index contributed by atoms with van der Waals surface area (Å²) in [7, 11) is 1.63. The van der Waals surface area contributed by atoms with Crippen molar-refractivity contribution >= 4 is 5.91 Å². The molecule has 0 saturated carbocycles. The SMILES string of the molecule is COCc1cccc(C(=O)N2CCOCC2c2nnc(C(C)C)o2)c1. The zero-order valence-electron chi connectivity index (χ0n) is 14.8. The van der Waals surface area contributed by atoms with Crippen molar-refractivity contribution in [1.82, 2.24) is 15.1 Å². The van der Waals surface area contributed by atoms with E-state index in [-0.39, 0.29) is 17.9 Å².